The Kier molecular flexibility index (Phi) is 5.87. The maximum atomic E-state index is 12.4. The third kappa shape index (κ3) is 4.58. The van der Waals surface area contributed by atoms with Crippen LogP contribution in [0.3, 0.4) is 0 Å². The van der Waals surface area contributed by atoms with E-state index in [0.717, 1.165) is 22.4 Å². The minimum Gasteiger partial charge on any atom is -0.489 e. The first-order valence-electron chi connectivity index (χ1n) is 7.96. The van der Waals surface area contributed by atoms with Gasteiger partial charge in [-0.15, -0.1) is 11.3 Å². The number of carbonyl (C=O) groups is 1. The van der Waals surface area contributed by atoms with Crippen LogP contribution in [0, 0.1) is 13.8 Å². The molecule has 26 heavy (non-hydrogen) atoms. The third-order valence-electron chi connectivity index (χ3n) is 3.68. The molecule has 0 aliphatic rings. The van der Waals surface area contributed by atoms with E-state index in [-0.39, 0.29) is 5.91 Å². The van der Waals surface area contributed by atoms with Gasteiger partial charge in [0.25, 0.3) is 5.91 Å². The lowest BCUT2D eigenvalue weighted by atomic mass is 10.1. The van der Waals surface area contributed by atoms with Gasteiger partial charge in [-0.25, -0.2) is 0 Å². The quantitative estimate of drug-likeness (QED) is 0.525. The summed E-state index contributed by atoms with van der Waals surface area (Å²) in [6.45, 7) is 4.47. The molecule has 1 amide bonds. The molecule has 3 nitrogen and oxygen atoms in total. The third-order valence-corrected chi connectivity index (χ3v) is 5.29. The molecule has 0 atom stereocenters. The average molecular weight is 406 g/mol. The lowest BCUT2D eigenvalue weighted by molar-refractivity contribution is 0.103. The van der Waals surface area contributed by atoms with Gasteiger partial charge < -0.3 is 10.1 Å². The van der Waals surface area contributed by atoms with Crippen molar-refractivity contribution in [1.82, 2.24) is 0 Å². The smallest absolute Gasteiger partial charge is 0.265 e. The Morgan fingerprint density at radius 3 is 2.38 bits per heavy atom. The first-order chi connectivity index (χ1) is 12.4. The molecule has 1 aromatic heterocycles. The van der Waals surface area contributed by atoms with Crippen LogP contribution in [0.5, 0.6) is 5.75 Å². The van der Waals surface area contributed by atoms with Crippen LogP contribution in [0.25, 0.3) is 0 Å². The van der Waals surface area contributed by atoms with Gasteiger partial charge in [0, 0.05) is 5.56 Å². The highest BCUT2D eigenvalue weighted by molar-refractivity contribution is 7.12. The molecule has 0 saturated carbocycles. The molecule has 0 aliphatic heterocycles. The summed E-state index contributed by atoms with van der Waals surface area (Å²) in [5.74, 6) is 0.574. The Morgan fingerprint density at radius 2 is 1.73 bits per heavy atom. The Labute approximate surface area is 166 Å². The van der Waals surface area contributed by atoms with Gasteiger partial charge >= 0.3 is 0 Å². The molecule has 0 spiro atoms. The van der Waals surface area contributed by atoms with Gasteiger partial charge in [-0.05, 0) is 60.7 Å². The standard InChI is InChI=1S/C20H17Cl2NO2S/c1-12-6-13(2)8-15(7-12)25-10-14-9-18(26-11-14)20(24)23-19-16(21)4-3-5-17(19)22/h3-9,11H,10H2,1-2H3,(H,23,24). The normalized spacial score (nSPS) is 10.6. The van der Waals surface area contributed by atoms with Crippen molar-refractivity contribution in [3.8, 4) is 5.75 Å². The van der Waals surface area contributed by atoms with E-state index < -0.39 is 0 Å². The summed E-state index contributed by atoms with van der Waals surface area (Å²) in [4.78, 5) is 13.0. The number of rotatable bonds is 5. The Bertz CT molecular complexity index is 912. The fourth-order valence-corrected chi connectivity index (χ4v) is 3.83. The van der Waals surface area contributed by atoms with Gasteiger partial charge in [0.15, 0.2) is 0 Å². The van der Waals surface area contributed by atoms with Crippen molar-refractivity contribution in [3.05, 3.63) is 79.5 Å². The highest BCUT2D eigenvalue weighted by Gasteiger charge is 2.14. The van der Waals surface area contributed by atoms with Crippen molar-refractivity contribution in [3.63, 3.8) is 0 Å². The number of carbonyl (C=O) groups excluding carboxylic acids is 1. The van der Waals surface area contributed by atoms with Crippen molar-refractivity contribution in [2.75, 3.05) is 5.32 Å². The summed E-state index contributed by atoms with van der Waals surface area (Å²) in [5, 5.41) is 5.48. The van der Waals surface area contributed by atoms with E-state index in [9.17, 15) is 4.79 Å². The molecule has 0 bridgehead atoms. The largest absolute Gasteiger partial charge is 0.489 e. The van der Waals surface area contributed by atoms with Crippen LogP contribution in [0.15, 0.2) is 47.8 Å². The average Bonchev–Trinajstić information content (AvgIpc) is 3.05. The summed E-state index contributed by atoms with van der Waals surface area (Å²) in [7, 11) is 0. The maximum Gasteiger partial charge on any atom is 0.265 e. The molecule has 0 aliphatic carbocycles. The van der Waals surface area contributed by atoms with Crippen LogP contribution in [0.2, 0.25) is 10.0 Å². The monoisotopic (exact) mass is 405 g/mol. The number of thiophene rings is 1. The van der Waals surface area contributed by atoms with E-state index in [1.54, 1.807) is 18.2 Å². The highest BCUT2D eigenvalue weighted by atomic mass is 35.5. The molecule has 2 aromatic carbocycles. The zero-order valence-electron chi connectivity index (χ0n) is 14.3. The summed E-state index contributed by atoms with van der Waals surface area (Å²) in [6, 6.07) is 13.0. The van der Waals surface area contributed by atoms with Gasteiger partial charge in [-0.2, -0.15) is 0 Å². The second-order valence-electron chi connectivity index (χ2n) is 5.98. The molecule has 0 radical (unpaired) electrons. The van der Waals surface area contributed by atoms with Gasteiger partial charge in [0.2, 0.25) is 0 Å². The summed E-state index contributed by atoms with van der Waals surface area (Å²) >= 11 is 13.5. The number of hydrogen-bond acceptors (Lipinski definition) is 3. The van der Waals surface area contributed by atoms with Crippen LogP contribution in [-0.4, -0.2) is 5.91 Å². The molecule has 3 aromatic rings. The molecule has 1 heterocycles. The predicted octanol–water partition coefficient (Wildman–Crippen LogP) is 6.50. The molecule has 0 unspecified atom stereocenters. The fourth-order valence-electron chi connectivity index (χ4n) is 2.55. The number of nitrogens with one attached hydrogen (secondary N) is 1. The van der Waals surface area contributed by atoms with E-state index in [4.69, 9.17) is 27.9 Å². The number of hydrogen-bond donors (Lipinski definition) is 1. The van der Waals surface area contributed by atoms with Crippen LogP contribution in [0.4, 0.5) is 5.69 Å². The van der Waals surface area contributed by atoms with Crippen LogP contribution in [0.1, 0.15) is 26.4 Å². The van der Waals surface area contributed by atoms with E-state index in [1.165, 1.54) is 11.3 Å². The van der Waals surface area contributed by atoms with Crippen LogP contribution < -0.4 is 10.1 Å². The van der Waals surface area contributed by atoms with Gasteiger partial charge in [0.05, 0.1) is 20.6 Å². The number of halogens is 2. The molecular weight excluding hydrogens is 389 g/mol. The number of anilines is 1. The van der Waals surface area contributed by atoms with Gasteiger partial charge in [-0.3, -0.25) is 4.79 Å². The minimum absolute atomic E-state index is 0.248. The molecule has 6 heteroatoms. The predicted molar refractivity (Wildman–Crippen MR) is 109 cm³/mol. The topological polar surface area (TPSA) is 38.3 Å². The second-order valence-corrected chi connectivity index (χ2v) is 7.71. The lowest BCUT2D eigenvalue weighted by Crippen LogP contribution is -2.11. The molecule has 3 rings (SSSR count). The van der Waals surface area contributed by atoms with Crippen LogP contribution in [-0.2, 0) is 6.61 Å². The number of para-hydroxylation sites is 1. The summed E-state index contributed by atoms with van der Waals surface area (Å²) < 4.78 is 5.84. The molecule has 0 saturated heterocycles. The van der Waals surface area contributed by atoms with E-state index in [0.29, 0.717) is 27.2 Å². The molecule has 1 N–H and O–H groups in total. The fraction of sp³-hybridized carbons (Fsp3) is 0.150. The highest BCUT2D eigenvalue weighted by Crippen LogP contribution is 2.30. The Morgan fingerprint density at radius 1 is 1.08 bits per heavy atom. The van der Waals surface area contributed by atoms with Crippen molar-refractivity contribution in [2.24, 2.45) is 0 Å². The number of ether oxygens (including phenoxy) is 1. The number of amides is 1. The first kappa shape index (κ1) is 18.8. The van der Waals surface area contributed by atoms with Crippen LogP contribution >= 0.6 is 34.5 Å². The van der Waals surface area contributed by atoms with E-state index in [2.05, 4.69) is 11.4 Å². The summed E-state index contributed by atoms with van der Waals surface area (Å²) in [6.07, 6.45) is 0. The van der Waals surface area contributed by atoms with Crippen molar-refractivity contribution in [2.45, 2.75) is 20.5 Å². The Balaban J connectivity index is 1.66. The first-order valence-corrected chi connectivity index (χ1v) is 9.60. The van der Waals surface area contributed by atoms with E-state index in [1.807, 2.05) is 37.4 Å². The molecule has 0 fully saturated rings. The van der Waals surface area contributed by atoms with Gasteiger partial charge in [-0.1, -0.05) is 35.3 Å². The second kappa shape index (κ2) is 8.12. The van der Waals surface area contributed by atoms with E-state index >= 15 is 0 Å². The minimum atomic E-state index is -0.248. The number of benzene rings is 2. The summed E-state index contributed by atoms with van der Waals surface area (Å²) in [5.41, 5.74) is 3.66. The zero-order chi connectivity index (χ0) is 18.7. The number of aryl methyl sites for hydroxylation is 2. The lowest BCUT2D eigenvalue weighted by Gasteiger charge is -2.08. The van der Waals surface area contributed by atoms with Gasteiger partial charge in [0.1, 0.15) is 12.4 Å². The zero-order valence-corrected chi connectivity index (χ0v) is 16.6. The molecule has 134 valence electrons. The van der Waals surface area contributed by atoms with Crippen molar-refractivity contribution >= 4 is 46.1 Å². The molecular formula is C20H17Cl2NO2S. The SMILES string of the molecule is Cc1cc(C)cc(OCc2csc(C(=O)Nc3c(Cl)cccc3Cl)c2)c1. The maximum absolute atomic E-state index is 12.4. The van der Waals surface area contributed by atoms with Crippen molar-refractivity contribution in [1.29, 1.82) is 0 Å². The Hall–Kier alpha value is -2.01. The van der Waals surface area contributed by atoms with Crippen molar-refractivity contribution < 1.29 is 9.53 Å².